The Morgan fingerprint density at radius 2 is 2.20 bits per heavy atom. The quantitative estimate of drug-likeness (QED) is 0.693. The Bertz CT molecular complexity index is 234. The molecule has 0 spiro atoms. The van der Waals surface area contributed by atoms with Crippen molar-refractivity contribution < 1.29 is 9.53 Å². The van der Waals surface area contributed by atoms with Gasteiger partial charge in [0, 0.05) is 19.7 Å². The maximum atomic E-state index is 12.1. The van der Waals surface area contributed by atoms with E-state index >= 15 is 0 Å². The molecule has 2 atom stereocenters. The van der Waals surface area contributed by atoms with Gasteiger partial charge in [-0.2, -0.15) is 0 Å². The first-order chi connectivity index (χ1) is 7.18. The van der Waals surface area contributed by atoms with Crippen LogP contribution in [-0.2, 0) is 9.53 Å². The van der Waals surface area contributed by atoms with Gasteiger partial charge in [-0.25, -0.2) is 0 Å². The molecular weight excluding hydrogens is 190 g/mol. The molecule has 1 unspecified atom stereocenters. The predicted octanol–water partition coefficient (Wildman–Crippen LogP) is 1.53. The van der Waals surface area contributed by atoms with Crippen LogP contribution in [0.4, 0.5) is 0 Å². The van der Waals surface area contributed by atoms with E-state index in [2.05, 4.69) is 13.8 Å². The maximum absolute atomic E-state index is 12.1. The van der Waals surface area contributed by atoms with E-state index in [-0.39, 0.29) is 5.92 Å². The summed E-state index contributed by atoms with van der Waals surface area (Å²) in [5.41, 5.74) is 0. The van der Waals surface area contributed by atoms with E-state index in [0.29, 0.717) is 24.3 Å². The van der Waals surface area contributed by atoms with Crippen molar-refractivity contribution >= 4 is 5.91 Å². The zero-order valence-corrected chi connectivity index (χ0v) is 9.74. The molecule has 0 N–H and O–H groups in total. The Labute approximate surface area is 91.8 Å². The van der Waals surface area contributed by atoms with Crippen molar-refractivity contribution in [1.82, 2.24) is 4.90 Å². The Morgan fingerprint density at radius 1 is 1.40 bits per heavy atom. The number of ether oxygens (including phenoxy) is 1. The topological polar surface area (TPSA) is 29.5 Å². The van der Waals surface area contributed by atoms with E-state index < -0.39 is 0 Å². The van der Waals surface area contributed by atoms with Crippen molar-refractivity contribution in [1.29, 1.82) is 0 Å². The normalized spacial score (nSPS) is 31.5. The molecule has 0 bridgehead atoms. The summed E-state index contributed by atoms with van der Waals surface area (Å²) in [4.78, 5) is 14.1. The van der Waals surface area contributed by atoms with Crippen molar-refractivity contribution in [2.45, 2.75) is 26.7 Å². The zero-order chi connectivity index (χ0) is 10.8. The van der Waals surface area contributed by atoms with E-state index in [1.165, 1.54) is 6.42 Å². The first-order valence-corrected chi connectivity index (χ1v) is 6.05. The second kappa shape index (κ2) is 4.52. The van der Waals surface area contributed by atoms with Gasteiger partial charge in [-0.3, -0.25) is 4.79 Å². The highest BCUT2D eigenvalue weighted by atomic mass is 16.5. The van der Waals surface area contributed by atoms with E-state index in [1.807, 2.05) is 4.90 Å². The molecular formula is C12H21NO2. The number of hydrogen-bond donors (Lipinski definition) is 0. The van der Waals surface area contributed by atoms with Crippen LogP contribution < -0.4 is 0 Å². The molecule has 2 fully saturated rings. The van der Waals surface area contributed by atoms with E-state index in [9.17, 15) is 4.79 Å². The lowest BCUT2D eigenvalue weighted by molar-refractivity contribution is -0.134. The molecule has 0 aromatic rings. The highest BCUT2D eigenvalue weighted by Crippen LogP contribution is 2.26. The number of carbonyl (C=O) groups excluding carboxylic acids is 1. The molecule has 1 amide bonds. The summed E-state index contributed by atoms with van der Waals surface area (Å²) >= 11 is 0. The lowest BCUT2D eigenvalue weighted by Crippen LogP contribution is -2.35. The molecule has 2 saturated heterocycles. The minimum atomic E-state index is 0.149. The van der Waals surface area contributed by atoms with Crippen LogP contribution in [0.15, 0.2) is 0 Å². The van der Waals surface area contributed by atoms with Crippen LogP contribution in [0.2, 0.25) is 0 Å². The summed E-state index contributed by atoms with van der Waals surface area (Å²) in [6, 6.07) is 0. The highest BCUT2D eigenvalue weighted by molar-refractivity contribution is 5.79. The fourth-order valence-electron chi connectivity index (χ4n) is 2.52. The lowest BCUT2D eigenvalue weighted by Gasteiger charge is -2.20. The van der Waals surface area contributed by atoms with Crippen LogP contribution in [-0.4, -0.2) is 37.1 Å². The molecule has 0 aliphatic carbocycles. The second-order valence-electron chi connectivity index (χ2n) is 5.14. The molecule has 2 heterocycles. The molecule has 0 radical (unpaired) electrons. The number of amides is 1. The third kappa shape index (κ3) is 2.33. The maximum Gasteiger partial charge on any atom is 0.228 e. The molecule has 3 heteroatoms. The van der Waals surface area contributed by atoms with E-state index in [4.69, 9.17) is 4.74 Å². The molecule has 0 saturated carbocycles. The number of rotatable bonds is 2. The number of nitrogens with zero attached hydrogens (tertiary/aromatic N) is 1. The number of likely N-dealkylation sites (tertiary alicyclic amines) is 1. The van der Waals surface area contributed by atoms with Gasteiger partial charge < -0.3 is 9.64 Å². The van der Waals surface area contributed by atoms with Crippen LogP contribution in [0.3, 0.4) is 0 Å². The average Bonchev–Trinajstić information content (AvgIpc) is 2.88. The summed E-state index contributed by atoms with van der Waals surface area (Å²) < 4.78 is 5.26. The Hall–Kier alpha value is -0.570. The summed E-state index contributed by atoms with van der Waals surface area (Å²) in [5.74, 6) is 1.88. The van der Waals surface area contributed by atoms with Crippen molar-refractivity contribution in [2.75, 3.05) is 26.3 Å². The van der Waals surface area contributed by atoms with Gasteiger partial charge in [0.2, 0.25) is 5.91 Å². The first kappa shape index (κ1) is 10.9. The number of carbonyl (C=O) groups is 1. The van der Waals surface area contributed by atoms with Gasteiger partial charge >= 0.3 is 0 Å². The summed E-state index contributed by atoms with van der Waals surface area (Å²) in [7, 11) is 0. The number of hydrogen-bond acceptors (Lipinski definition) is 2. The van der Waals surface area contributed by atoms with Gasteiger partial charge in [0.15, 0.2) is 0 Å². The van der Waals surface area contributed by atoms with Crippen molar-refractivity contribution in [3.8, 4) is 0 Å². The lowest BCUT2D eigenvalue weighted by atomic mass is 9.95. The van der Waals surface area contributed by atoms with Crippen LogP contribution in [0, 0.1) is 17.8 Å². The minimum Gasteiger partial charge on any atom is -0.381 e. The Kier molecular flexibility index (Phi) is 3.29. The van der Waals surface area contributed by atoms with Gasteiger partial charge in [-0.15, -0.1) is 0 Å². The summed E-state index contributed by atoms with van der Waals surface area (Å²) in [6.45, 7) is 7.82. The SMILES string of the molecule is CC(C)C1CCN(C(=O)[C@@H]2CCOC2)C1. The fourth-order valence-corrected chi connectivity index (χ4v) is 2.52. The van der Waals surface area contributed by atoms with E-state index in [0.717, 1.165) is 26.1 Å². The summed E-state index contributed by atoms with van der Waals surface area (Å²) in [5, 5.41) is 0. The predicted molar refractivity (Wildman–Crippen MR) is 58.5 cm³/mol. The molecule has 2 rings (SSSR count). The van der Waals surface area contributed by atoms with Gasteiger partial charge in [0.25, 0.3) is 0 Å². The third-order valence-electron chi connectivity index (χ3n) is 3.76. The summed E-state index contributed by atoms with van der Waals surface area (Å²) in [6.07, 6.45) is 2.10. The molecule has 2 aliphatic heterocycles. The van der Waals surface area contributed by atoms with Gasteiger partial charge in [-0.05, 0) is 24.7 Å². The van der Waals surface area contributed by atoms with Crippen molar-refractivity contribution in [2.24, 2.45) is 17.8 Å². The average molecular weight is 211 g/mol. The van der Waals surface area contributed by atoms with Crippen LogP contribution in [0.25, 0.3) is 0 Å². The second-order valence-corrected chi connectivity index (χ2v) is 5.14. The van der Waals surface area contributed by atoms with Crippen molar-refractivity contribution in [3.05, 3.63) is 0 Å². The van der Waals surface area contributed by atoms with Crippen LogP contribution in [0.1, 0.15) is 26.7 Å². The third-order valence-corrected chi connectivity index (χ3v) is 3.76. The van der Waals surface area contributed by atoms with Gasteiger partial charge in [0.05, 0.1) is 12.5 Å². The molecule has 0 aromatic heterocycles. The fraction of sp³-hybridized carbons (Fsp3) is 0.917. The van der Waals surface area contributed by atoms with Crippen molar-refractivity contribution in [3.63, 3.8) is 0 Å². The Balaban J connectivity index is 1.87. The molecule has 2 aliphatic rings. The molecule has 0 aromatic carbocycles. The monoisotopic (exact) mass is 211 g/mol. The first-order valence-electron chi connectivity index (χ1n) is 6.05. The molecule has 3 nitrogen and oxygen atoms in total. The largest absolute Gasteiger partial charge is 0.381 e. The van der Waals surface area contributed by atoms with Gasteiger partial charge in [-0.1, -0.05) is 13.8 Å². The highest BCUT2D eigenvalue weighted by Gasteiger charge is 2.33. The molecule has 15 heavy (non-hydrogen) atoms. The Morgan fingerprint density at radius 3 is 2.73 bits per heavy atom. The standard InChI is InChI=1S/C12H21NO2/c1-9(2)10-3-5-13(7-10)12(14)11-4-6-15-8-11/h9-11H,3-8H2,1-2H3/t10?,11-/m1/s1. The minimum absolute atomic E-state index is 0.149. The molecule has 86 valence electrons. The van der Waals surface area contributed by atoms with Crippen LogP contribution >= 0.6 is 0 Å². The zero-order valence-electron chi connectivity index (χ0n) is 9.74. The van der Waals surface area contributed by atoms with E-state index in [1.54, 1.807) is 0 Å². The van der Waals surface area contributed by atoms with Crippen LogP contribution in [0.5, 0.6) is 0 Å². The smallest absolute Gasteiger partial charge is 0.228 e. The van der Waals surface area contributed by atoms with Gasteiger partial charge in [0.1, 0.15) is 0 Å².